The lowest BCUT2D eigenvalue weighted by Crippen LogP contribution is -1.86. The predicted octanol–water partition coefficient (Wildman–Crippen LogP) is 2.72. The molecule has 0 spiro atoms. The van der Waals surface area contributed by atoms with E-state index in [-0.39, 0.29) is 0 Å². The highest BCUT2D eigenvalue weighted by molar-refractivity contribution is 6.30. The van der Waals surface area contributed by atoms with Crippen molar-refractivity contribution in [2.24, 2.45) is 7.05 Å². The van der Waals surface area contributed by atoms with Gasteiger partial charge in [0.25, 0.3) is 0 Å². The molecule has 74 valence electrons. The van der Waals surface area contributed by atoms with Gasteiger partial charge >= 0.3 is 0 Å². The molecule has 0 N–H and O–H groups in total. The molecule has 3 heteroatoms. The van der Waals surface area contributed by atoms with Gasteiger partial charge in [0.05, 0.1) is 0 Å². The summed E-state index contributed by atoms with van der Waals surface area (Å²) < 4.78 is 1.71. The van der Waals surface area contributed by atoms with Crippen LogP contribution in [0.5, 0.6) is 0 Å². The van der Waals surface area contributed by atoms with Crippen LogP contribution >= 0.6 is 11.6 Å². The SMILES string of the molecule is C#Cc1nn(C)cc1-c1ccc(Cl)cc1. The van der Waals surface area contributed by atoms with Crippen molar-refractivity contribution in [1.82, 2.24) is 9.78 Å². The average molecular weight is 217 g/mol. The summed E-state index contributed by atoms with van der Waals surface area (Å²) in [6.07, 6.45) is 7.28. The second-order valence-electron chi connectivity index (χ2n) is 3.22. The summed E-state index contributed by atoms with van der Waals surface area (Å²) in [5.41, 5.74) is 2.64. The lowest BCUT2D eigenvalue weighted by molar-refractivity contribution is 0.764. The quantitative estimate of drug-likeness (QED) is 0.671. The van der Waals surface area contributed by atoms with E-state index in [1.54, 1.807) is 4.68 Å². The Labute approximate surface area is 93.5 Å². The van der Waals surface area contributed by atoms with Crippen LogP contribution in [0.1, 0.15) is 5.69 Å². The monoisotopic (exact) mass is 216 g/mol. The summed E-state index contributed by atoms with van der Waals surface area (Å²) in [5.74, 6) is 2.56. The third kappa shape index (κ3) is 1.88. The molecular formula is C12H9ClN2. The van der Waals surface area contributed by atoms with Crippen molar-refractivity contribution in [3.8, 4) is 23.5 Å². The van der Waals surface area contributed by atoms with Crippen molar-refractivity contribution >= 4 is 11.6 Å². The van der Waals surface area contributed by atoms with Gasteiger partial charge < -0.3 is 0 Å². The van der Waals surface area contributed by atoms with Gasteiger partial charge in [0.15, 0.2) is 0 Å². The number of hydrogen-bond donors (Lipinski definition) is 0. The van der Waals surface area contributed by atoms with E-state index in [0.29, 0.717) is 10.7 Å². The summed E-state index contributed by atoms with van der Waals surface area (Å²) in [4.78, 5) is 0. The van der Waals surface area contributed by atoms with E-state index >= 15 is 0 Å². The third-order valence-corrected chi connectivity index (χ3v) is 2.37. The van der Waals surface area contributed by atoms with Crippen molar-refractivity contribution in [3.63, 3.8) is 0 Å². The molecule has 0 aliphatic rings. The number of aryl methyl sites for hydroxylation is 1. The number of halogens is 1. The molecule has 2 aromatic rings. The standard InChI is InChI=1S/C12H9ClN2/c1-3-12-11(8-15(2)14-12)9-4-6-10(13)7-5-9/h1,4-8H,2H3. The Morgan fingerprint density at radius 1 is 1.33 bits per heavy atom. The zero-order valence-electron chi connectivity index (χ0n) is 8.24. The third-order valence-electron chi connectivity index (χ3n) is 2.12. The van der Waals surface area contributed by atoms with Gasteiger partial charge in [0, 0.05) is 23.8 Å². The molecule has 1 heterocycles. The molecule has 0 fully saturated rings. The van der Waals surface area contributed by atoms with Crippen molar-refractivity contribution < 1.29 is 0 Å². The number of nitrogens with zero attached hydrogens (tertiary/aromatic N) is 2. The van der Waals surface area contributed by atoms with Crippen LogP contribution in [0.3, 0.4) is 0 Å². The molecule has 0 unspecified atom stereocenters. The summed E-state index contributed by atoms with van der Waals surface area (Å²) in [5, 5.41) is 4.89. The summed E-state index contributed by atoms with van der Waals surface area (Å²) in [7, 11) is 1.85. The number of benzene rings is 1. The van der Waals surface area contributed by atoms with Gasteiger partial charge in [0.2, 0.25) is 0 Å². The maximum Gasteiger partial charge on any atom is 0.142 e. The first kappa shape index (κ1) is 9.82. The molecule has 0 aliphatic carbocycles. The van der Waals surface area contributed by atoms with E-state index in [1.165, 1.54) is 0 Å². The largest absolute Gasteiger partial charge is 0.274 e. The Morgan fingerprint density at radius 3 is 2.60 bits per heavy atom. The van der Waals surface area contributed by atoms with Crippen molar-refractivity contribution in [2.45, 2.75) is 0 Å². The lowest BCUT2D eigenvalue weighted by atomic mass is 10.1. The van der Waals surface area contributed by atoms with Crippen LogP contribution in [0.15, 0.2) is 30.5 Å². The molecule has 2 rings (SSSR count). The van der Waals surface area contributed by atoms with Crippen molar-refractivity contribution in [2.75, 3.05) is 0 Å². The Kier molecular flexibility index (Phi) is 2.49. The fraction of sp³-hybridized carbons (Fsp3) is 0.0833. The molecular weight excluding hydrogens is 208 g/mol. The van der Waals surface area contributed by atoms with Crippen LogP contribution in [0.25, 0.3) is 11.1 Å². The highest BCUT2D eigenvalue weighted by atomic mass is 35.5. The first-order chi connectivity index (χ1) is 7.20. The molecule has 1 aromatic carbocycles. The zero-order chi connectivity index (χ0) is 10.8. The molecule has 15 heavy (non-hydrogen) atoms. The fourth-order valence-electron chi connectivity index (χ4n) is 1.44. The van der Waals surface area contributed by atoms with Crippen LogP contribution in [0.4, 0.5) is 0 Å². The van der Waals surface area contributed by atoms with Gasteiger partial charge in [-0.25, -0.2) is 0 Å². The predicted molar refractivity (Wildman–Crippen MR) is 61.6 cm³/mol. The normalized spacial score (nSPS) is 9.93. The number of rotatable bonds is 1. The summed E-state index contributed by atoms with van der Waals surface area (Å²) in [6.45, 7) is 0. The van der Waals surface area contributed by atoms with Gasteiger partial charge in [-0.15, -0.1) is 6.42 Å². The smallest absolute Gasteiger partial charge is 0.142 e. The van der Waals surface area contributed by atoms with Gasteiger partial charge in [0.1, 0.15) is 5.69 Å². The fourth-order valence-corrected chi connectivity index (χ4v) is 1.56. The van der Waals surface area contributed by atoms with E-state index in [0.717, 1.165) is 11.1 Å². The molecule has 0 amide bonds. The minimum atomic E-state index is 0.653. The highest BCUT2D eigenvalue weighted by Gasteiger charge is 2.07. The van der Waals surface area contributed by atoms with Crippen LogP contribution in [-0.2, 0) is 7.05 Å². The second-order valence-corrected chi connectivity index (χ2v) is 3.65. The van der Waals surface area contributed by atoms with Gasteiger partial charge in [-0.05, 0) is 23.6 Å². The molecule has 0 aliphatic heterocycles. The summed E-state index contributed by atoms with van der Waals surface area (Å²) in [6, 6.07) is 7.54. The average Bonchev–Trinajstić information content (AvgIpc) is 2.61. The Balaban J connectivity index is 2.54. The van der Waals surface area contributed by atoms with E-state index in [9.17, 15) is 0 Å². The van der Waals surface area contributed by atoms with E-state index in [4.69, 9.17) is 18.0 Å². The summed E-state index contributed by atoms with van der Waals surface area (Å²) >= 11 is 5.82. The van der Waals surface area contributed by atoms with Crippen LogP contribution < -0.4 is 0 Å². The lowest BCUT2D eigenvalue weighted by Gasteiger charge is -1.97. The first-order valence-electron chi connectivity index (χ1n) is 4.47. The maximum atomic E-state index is 5.82. The minimum Gasteiger partial charge on any atom is -0.274 e. The number of hydrogen-bond acceptors (Lipinski definition) is 1. The molecule has 0 saturated heterocycles. The zero-order valence-corrected chi connectivity index (χ0v) is 8.99. The topological polar surface area (TPSA) is 17.8 Å². The molecule has 0 saturated carbocycles. The van der Waals surface area contributed by atoms with Crippen LogP contribution in [0, 0.1) is 12.3 Å². The van der Waals surface area contributed by atoms with Crippen molar-refractivity contribution in [3.05, 3.63) is 41.2 Å². The molecule has 2 nitrogen and oxygen atoms in total. The van der Waals surface area contributed by atoms with E-state index in [2.05, 4.69) is 11.0 Å². The highest BCUT2D eigenvalue weighted by Crippen LogP contribution is 2.23. The molecule has 0 radical (unpaired) electrons. The van der Waals surface area contributed by atoms with E-state index < -0.39 is 0 Å². The van der Waals surface area contributed by atoms with E-state index in [1.807, 2.05) is 37.5 Å². The van der Waals surface area contributed by atoms with Gasteiger partial charge in [-0.3, -0.25) is 4.68 Å². The van der Waals surface area contributed by atoms with Gasteiger partial charge in [-0.1, -0.05) is 23.7 Å². The number of terminal acetylenes is 1. The van der Waals surface area contributed by atoms with Crippen LogP contribution in [-0.4, -0.2) is 9.78 Å². The molecule has 0 atom stereocenters. The van der Waals surface area contributed by atoms with Gasteiger partial charge in [-0.2, -0.15) is 5.10 Å². The Morgan fingerprint density at radius 2 is 2.00 bits per heavy atom. The number of aromatic nitrogens is 2. The molecule has 1 aromatic heterocycles. The Bertz CT molecular complexity index is 518. The first-order valence-corrected chi connectivity index (χ1v) is 4.84. The van der Waals surface area contributed by atoms with Crippen molar-refractivity contribution in [1.29, 1.82) is 0 Å². The minimum absolute atomic E-state index is 0.653. The maximum absolute atomic E-state index is 5.82. The van der Waals surface area contributed by atoms with Crippen LogP contribution in [0.2, 0.25) is 5.02 Å². The Hall–Kier alpha value is -1.72. The molecule has 0 bridgehead atoms. The second kappa shape index (κ2) is 3.80.